The third-order valence-electron chi connectivity index (χ3n) is 2.02. The van der Waals surface area contributed by atoms with Crippen LogP contribution in [0.1, 0.15) is 19.6 Å². The fourth-order valence-electron chi connectivity index (χ4n) is 1.48. The highest BCUT2D eigenvalue weighted by atomic mass is 16.3. The first-order valence-corrected chi connectivity index (χ1v) is 4.99. The van der Waals surface area contributed by atoms with Crippen molar-refractivity contribution in [2.24, 2.45) is 0 Å². The Hall–Kier alpha value is -1.44. The van der Waals surface area contributed by atoms with Crippen molar-refractivity contribution in [1.82, 2.24) is 0 Å². The summed E-state index contributed by atoms with van der Waals surface area (Å²) in [4.78, 5) is 0. The number of benzene rings is 1. The summed E-state index contributed by atoms with van der Waals surface area (Å²) in [5.41, 5.74) is 2.03. The number of para-hydroxylation sites is 1. The monoisotopic (exact) mass is 191 g/mol. The SMILES string of the molecule is CC.CNc1c(C)oc2ccccc12. The molecule has 2 rings (SSSR count). The molecule has 2 nitrogen and oxygen atoms in total. The normalized spacial score (nSPS) is 9.43. The van der Waals surface area contributed by atoms with Crippen LogP contribution in [0.15, 0.2) is 28.7 Å². The highest BCUT2D eigenvalue weighted by Crippen LogP contribution is 2.29. The molecular formula is C12H17NO. The van der Waals surface area contributed by atoms with Crippen LogP contribution in [0.25, 0.3) is 11.0 Å². The minimum Gasteiger partial charge on any atom is -0.459 e. The summed E-state index contributed by atoms with van der Waals surface area (Å²) < 4.78 is 5.53. The molecule has 0 saturated heterocycles. The van der Waals surface area contributed by atoms with E-state index in [2.05, 4.69) is 11.4 Å². The predicted octanol–water partition coefficient (Wildman–Crippen LogP) is 3.81. The van der Waals surface area contributed by atoms with Gasteiger partial charge in [-0.2, -0.15) is 0 Å². The summed E-state index contributed by atoms with van der Waals surface area (Å²) >= 11 is 0. The fraction of sp³-hybridized carbons (Fsp3) is 0.333. The maximum atomic E-state index is 5.53. The van der Waals surface area contributed by atoms with Crippen LogP contribution in [-0.4, -0.2) is 7.05 Å². The summed E-state index contributed by atoms with van der Waals surface area (Å²) in [6.45, 7) is 5.96. The number of hydrogen-bond donors (Lipinski definition) is 1. The molecule has 1 N–H and O–H groups in total. The number of rotatable bonds is 1. The van der Waals surface area contributed by atoms with Crippen LogP contribution in [0.4, 0.5) is 5.69 Å². The van der Waals surface area contributed by atoms with Crippen LogP contribution in [0.3, 0.4) is 0 Å². The molecule has 1 aromatic carbocycles. The summed E-state index contributed by atoms with van der Waals surface area (Å²) in [5.74, 6) is 0.943. The van der Waals surface area contributed by atoms with Crippen molar-refractivity contribution >= 4 is 16.7 Å². The van der Waals surface area contributed by atoms with Crippen LogP contribution in [0.2, 0.25) is 0 Å². The second-order valence-corrected chi connectivity index (χ2v) is 2.78. The van der Waals surface area contributed by atoms with E-state index in [0.717, 1.165) is 22.4 Å². The van der Waals surface area contributed by atoms with Crippen LogP contribution >= 0.6 is 0 Å². The quantitative estimate of drug-likeness (QED) is 0.741. The lowest BCUT2D eigenvalue weighted by molar-refractivity contribution is 0.580. The summed E-state index contributed by atoms with van der Waals surface area (Å²) in [6, 6.07) is 8.02. The molecule has 0 aliphatic carbocycles. The van der Waals surface area contributed by atoms with Crippen LogP contribution < -0.4 is 5.32 Å². The van der Waals surface area contributed by atoms with E-state index < -0.39 is 0 Å². The van der Waals surface area contributed by atoms with Crippen molar-refractivity contribution in [3.05, 3.63) is 30.0 Å². The molecule has 0 aliphatic heterocycles. The zero-order chi connectivity index (χ0) is 10.6. The van der Waals surface area contributed by atoms with Crippen molar-refractivity contribution in [2.45, 2.75) is 20.8 Å². The Bertz CT molecular complexity index is 404. The summed E-state index contributed by atoms with van der Waals surface area (Å²) in [6.07, 6.45) is 0. The predicted molar refractivity (Wildman–Crippen MR) is 61.8 cm³/mol. The van der Waals surface area contributed by atoms with Gasteiger partial charge >= 0.3 is 0 Å². The Kier molecular flexibility index (Phi) is 3.57. The van der Waals surface area contributed by atoms with E-state index in [-0.39, 0.29) is 0 Å². The van der Waals surface area contributed by atoms with Crippen LogP contribution in [-0.2, 0) is 0 Å². The molecule has 0 fully saturated rings. The molecule has 1 heterocycles. The molecule has 14 heavy (non-hydrogen) atoms. The van der Waals surface area contributed by atoms with Gasteiger partial charge in [-0.3, -0.25) is 0 Å². The zero-order valence-electron chi connectivity index (χ0n) is 9.22. The molecule has 2 heteroatoms. The van der Waals surface area contributed by atoms with Gasteiger partial charge in [-0.25, -0.2) is 0 Å². The Labute approximate surface area is 84.9 Å². The van der Waals surface area contributed by atoms with E-state index >= 15 is 0 Å². The standard InChI is InChI=1S/C10H11NO.C2H6/c1-7-10(11-2)8-5-3-4-6-9(8)12-7;1-2/h3-6,11H,1-2H3;1-2H3. The largest absolute Gasteiger partial charge is 0.459 e. The van der Waals surface area contributed by atoms with E-state index in [1.807, 2.05) is 46.0 Å². The maximum absolute atomic E-state index is 5.53. The first-order valence-electron chi connectivity index (χ1n) is 4.99. The molecule has 0 spiro atoms. The maximum Gasteiger partial charge on any atom is 0.136 e. The third kappa shape index (κ3) is 1.74. The van der Waals surface area contributed by atoms with Gasteiger partial charge in [0.2, 0.25) is 0 Å². The number of fused-ring (bicyclic) bond motifs is 1. The lowest BCUT2D eigenvalue weighted by Gasteiger charge is -1.95. The molecule has 0 amide bonds. The van der Waals surface area contributed by atoms with Gasteiger partial charge in [0.25, 0.3) is 0 Å². The average Bonchev–Trinajstić information content (AvgIpc) is 2.56. The molecule has 0 atom stereocenters. The Morgan fingerprint density at radius 3 is 2.43 bits per heavy atom. The Morgan fingerprint density at radius 1 is 1.14 bits per heavy atom. The van der Waals surface area contributed by atoms with Gasteiger partial charge in [-0.1, -0.05) is 26.0 Å². The van der Waals surface area contributed by atoms with Gasteiger partial charge in [-0.05, 0) is 19.1 Å². The van der Waals surface area contributed by atoms with Gasteiger partial charge in [0.05, 0.1) is 5.69 Å². The van der Waals surface area contributed by atoms with Crippen molar-refractivity contribution < 1.29 is 4.42 Å². The zero-order valence-corrected chi connectivity index (χ0v) is 9.22. The van der Waals surface area contributed by atoms with E-state index in [9.17, 15) is 0 Å². The molecule has 0 aliphatic rings. The number of anilines is 1. The fourth-order valence-corrected chi connectivity index (χ4v) is 1.48. The second-order valence-electron chi connectivity index (χ2n) is 2.78. The smallest absolute Gasteiger partial charge is 0.136 e. The van der Waals surface area contributed by atoms with Gasteiger partial charge in [0.15, 0.2) is 0 Å². The first kappa shape index (κ1) is 10.6. The second kappa shape index (κ2) is 4.70. The highest BCUT2D eigenvalue weighted by molar-refractivity contribution is 5.92. The van der Waals surface area contributed by atoms with Gasteiger partial charge in [0.1, 0.15) is 11.3 Å². The number of hydrogen-bond acceptors (Lipinski definition) is 2. The van der Waals surface area contributed by atoms with E-state index in [4.69, 9.17) is 4.42 Å². The van der Waals surface area contributed by atoms with Crippen molar-refractivity contribution in [3.63, 3.8) is 0 Å². The lowest BCUT2D eigenvalue weighted by atomic mass is 10.2. The van der Waals surface area contributed by atoms with Gasteiger partial charge in [0, 0.05) is 12.4 Å². The van der Waals surface area contributed by atoms with Crippen LogP contribution in [0.5, 0.6) is 0 Å². The van der Waals surface area contributed by atoms with E-state index in [0.29, 0.717) is 0 Å². The molecule has 0 bridgehead atoms. The molecule has 0 radical (unpaired) electrons. The molecule has 0 unspecified atom stereocenters. The molecule has 2 aromatic rings. The lowest BCUT2D eigenvalue weighted by Crippen LogP contribution is -1.87. The molecule has 0 saturated carbocycles. The Morgan fingerprint density at radius 2 is 1.79 bits per heavy atom. The van der Waals surface area contributed by atoms with Gasteiger partial charge < -0.3 is 9.73 Å². The molecule has 1 aromatic heterocycles. The van der Waals surface area contributed by atoms with Crippen molar-refractivity contribution in [1.29, 1.82) is 0 Å². The Balaban J connectivity index is 0.000000461. The average molecular weight is 191 g/mol. The van der Waals surface area contributed by atoms with Gasteiger partial charge in [-0.15, -0.1) is 0 Å². The third-order valence-corrected chi connectivity index (χ3v) is 2.02. The van der Waals surface area contributed by atoms with E-state index in [1.54, 1.807) is 0 Å². The first-order chi connectivity index (χ1) is 6.83. The number of nitrogens with one attached hydrogen (secondary N) is 1. The van der Waals surface area contributed by atoms with Crippen molar-refractivity contribution in [2.75, 3.05) is 12.4 Å². The highest BCUT2D eigenvalue weighted by Gasteiger charge is 2.06. The number of furan rings is 1. The summed E-state index contributed by atoms with van der Waals surface area (Å²) in [7, 11) is 1.91. The topological polar surface area (TPSA) is 25.2 Å². The van der Waals surface area contributed by atoms with Crippen LogP contribution in [0, 0.1) is 6.92 Å². The minimum absolute atomic E-state index is 0.943. The molecular weight excluding hydrogens is 174 g/mol. The number of aryl methyl sites for hydroxylation is 1. The molecule has 76 valence electrons. The summed E-state index contributed by atoms with van der Waals surface area (Å²) in [5, 5.41) is 4.27. The van der Waals surface area contributed by atoms with Crippen molar-refractivity contribution in [3.8, 4) is 0 Å². The minimum atomic E-state index is 0.943. The van der Waals surface area contributed by atoms with E-state index in [1.165, 1.54) is 0 Å².